The summed E-state index contributed by atoms with van der Waals surface area (Å²) in [6.07, 6.45) is 5.36. The van der Waals surface area contributed by atoms with E-state index in [0.717, 1.165) is 30.0 Å². The molecular weight excluding hydrogens is 275 g/mol. The van der Waals surface area contributed by atoms with E-state index < -0.39 is 0 Å². The van der Waals surface area contributed by atoms with Crippen LogP contribution in [-0.2, 0) is 6.54 Å². The van der Waals surface area contributed by atoms with Crippen LogP contribution in [-0.4, -0.2) is 43.0 Å². The molecule has 1 aromatic rings. The molecule has 3 rings (SSSR count). The van der Waals surface area contributed by atoms with Crippen LogP contribution in [0.1, 0.15) is 36.8 Å². The molecule has 0 bridgehead atoms. The highest BCUT2D eigenvalue weighted by atomic mass is 19.1. The second kappa shape index (κ2) is 6.29. The van der Waals surface area contributed by atoms with Gasteiger partial charge < -0.3 is 4.90 Å². The fourth-order valence-electron chi connectivity index (χ4n) is 4.54. The summed E-state index contributed by atoms with van der Waals surface area (Å²) in [6.45, 7) is 2.94. The van der Waals surface area contributed by atoms with Gasteiger partial charge in [-0.05, 0) is 88.8 Å². The van der Waals surface area contributed by atoms with E-state index in [-0.39, 0.29) is 5.82 Å². The van der Waals surface area contributed by atoms with E-state index in [2.05, 4.69) is 37.9 Å². The summed E-state index contributed by atoms with van der Waals surface area (Å²) in [4.78, 5) is 4.85. The van der Waals surface area contributed by atoms with Crippen molar-refractivity contribution in [3.8, 4) is 0 Å². The largest absolute Gasteiger partial charge is 0.306 e. The summed E-state index contributed by atoms with van der Waals surface area (Å²) in [5.41, 5.74) is 2.32. The Labute approximate surface area is 134 Å². The molecule has 0 heterocycles. The average Bonchev–Trinajstić information content (AvgIpc) is 3.01. The molecule has 2 nitrogen and oxygen atoms in total. The Bertz CT molecular complexity index is 514. The molecule has 0 aromatic heterocycles. The van der Waals surface area contributed by atoms with Crippen LogP contribution in [0.2, 0.25) is 0 Å². The van der Waals surface area contributed by atoms with Gasteiger partial charge in [-0.1, -0.05) is 6.07 Å². The van der Waals surface area contributed by atoms with Gasteiger partial charge in [0.15, 0.2) is 0 Å². The van der Waals surface area contributed by atoms with Crippen LogP contribution in [0.15, 0.2) is 18.2 Å². The number of aryl methyl sites for hydroxylation is 1. The minimum atomic E-state index is -0.119. The van der Waals surface area contributed by atoms with Gasteiger partial charge >= 0.3 is 0 Å². The quantitative estimate of drug-likeness (QED) is 0.837. The van der Waals surface area contributed by atoms with Crippen molar-refractivity contribution in [2.45, 2.75) is 51.2 Å². The molecule has 0 N–H and O–H groups in total. The summed E-state index contributed by atoms with van der Waals surface area (Å²) >= 11 is 0. The highest BCUT2D eigenvalue weighted by molar-refractivity contribution is 5.26. The van der Waals surface area contributed by atoms with Crippen LogP contribution in [0, 0.1) is 24.6 Å². The van der Waals surface area contributed by atoms with Crippen molar-refractivity contribution in [1.29, 1.82) is 0 Å². The lowest BCUT2D eigenvalue weighted by Gasteiger charge is -2.27. The maximum absolute atomic E-state index is 13.5. The molecule has 2 aliphatic rings. The summed E-state index contributed by atoms with van der Waals surface area (Å²) in [5, 5.41) is 0. The molecular formula is C19H29FN2. The van der Waals surface area contributed by atoms with Gasteiger partial charge in [0.1, 0.15) is 5.82 Å². The molecule has 2 aliphatic carbocycles. The van der Waals surface area contributed by atoms with Gasteiger partial charge in [-0.15, -0.1) is 0 Å². The zero-order valence-corrected chi connectivity index (χ0v) is 14.3. The first kappa shape index (κ1) is 15.9. The molecule has 2 fully saturated rings. The van der Waals surface area contributed by atoms with Crippen molar-refractivity contribution in [2.75, 3.05) is 21.1 Å². The second-order valence-electron chi connectivity index (χ2n) is 7.72. The van der Waals surface area contributed by atoms with Crippen molar-refractivity contribution >= 4 is 0 Å². The Kier molecular flexibility index (Phi) is 4.56. The molecule has 2 unspecified atom stereocenters. The molecule has 122 valence electrons. The first-order valence-corrected chi connectivity index (χ1v) is 8.55. The van der Waals surface area contributed by atoms with Crippen molar-refractivity contribution in [1.82, 2.24) is 9.80 Å². The van der Waals surface area contributed by atoms with Crippen LogP contribution in [0.5, 0.6) is 0 Å². The van der Waals surface area contributed by atoms with E-state index >= 15 is 0 Å². The number of hydrogen-bond acceptors (Lipinski definition) is 2. The van der Waals surface area contributed by atoms with Gasteiger partial charge in [-0.25, -0.2) is 4.39 Å². The Hall–Kier alpha value is -0.930. The van der Waals surface area contributed by atoms with Crippen molar-refractivity contribution in [2.24, 2.45) is 11.8 Å². The SMILES string of the molecule is Cc1ccc(F)cc1CN(C)C1C[C@H]2CC(N(C)C)C[C@H]2C1. The Morgan fingerprint density at radius 3 is 2.18 bits per heavy atom. The lowest BCUT2D eigenvalue weighted by atomic mass is 10.0. The van der Waals surface area contributed by atoms with Crippen LogP contribution < -0.4 is 0 Å². The first-order valence-electron chi connectivity index (χ1n) is 8.55. The lowest BCUT2D eigenvalue weighted by Crippen LogP contribution is -2.31. The van der Waals surface area contributed by atoms with Gasteiger partial charge in [-0.2, -0.15) is 0 Å². The van der Waals surface area contributed by atoms with Gasteiger partial charge in [-0.3, -0.25) is 4.90 Å². The third-order valence-corrected chi connectivity index (χ3v) is 6.05. The van der Waals surface area contributed by atoms with Crippen molar-refractivity contribution in [3.63, 3.8) is 0 Å². The van der Waals surface area contributed by atoms with Crippen LogP contribution >= 0.6 is 0 Å². The van der Waals surface area contributed by atoms with E-state index in [1.165, 1.54) is 31.2 Å². The Balaban J connectivity index is 1.59. The first-order chi connectivity index (χ1) is 10.4. The molecule has 2 saturated carbocycles. The number of fused-ring (bicyclic) bond motifs is 1. The minimum Gasteiger partial charge on any atom is -0.306 e. The average molecular weight is 304 g/mol. The highest BCUT2D eigenvalue weighted by Gasteiger charge is 2.43. The number of nitrogens with zero attached hydrogens (tertiary/aromatic N) is 2. The van der Waals surface area contributed by atoms with Crippen molar-refractivity contribution < 1.29 is 4.39 Å². The van der Waals surface area contributed by atoms with E-state index in [1.54, 1.807) is 12.1 Å². The number of halogens is 1. The number of benzene rings is 1. The third-order valence-electron chi connectivity index (χ3n) is 6.05. The molecule has 0 radical (unpaired) electrons. The summed E-state index contributed by atoms with van der Waals surface area (Å²) in [5.74, 6) is 1.67. The van der Waals surface area contributed by atoms with Crippen molar-refractivity contribution in [3.05, 3.63) is 35.1 Å². The lowest BCUT2D eigenvalue weighted by molar-refractivity contribution is 0.211. The van der Waals surface area contributed by atoms with E-state index in [1.807, 2.05) is 6.07 Å². The summed E-state index contributed by atoms with van der Waals surface area (Å²) in [7, 11) is 6.63. The maximum atomic E-state index is 13.5. The predicted molar refractivity (Wildman–Crippen MR) is 89.3 cm³/mol. The standard InChI is InChI=1S/C19H29FN2/c1-13-5-6-17(20)7-16(13)12-22(4)19-10-14-8-18(21(2)3)9-15(14)11-19/h5-7,14-15,18-19H,8-12H2,1-4H3/t14-,15+,18?,19?. The number of hydrogen-bond donors (Lipinski definition) is 0. The fraction of sp³-hybridized carbons (Fsp3) is 0.684. The molecule has 1 aromatic carbocycles. The Morgan fingerprint density at radius 2 is 1.59 bits per heavy atom. The van der Waals surface area contributed by atoms with E-state index in [4.69, 9.17) is 0 Å². The molecule has 3 heteroatoms. The van der Waals surface area contributed by atoms with Crippen LogP contribution in [0.4, 0.5) is 4.39 Å². The van der Waals surface area contributed by atoms with Crippen LogP contribution in [0.3, 0.4) is 0 Å². The second-order valence-corrected chi connectivity index (χ2v) is 7.72. The molecule has 22 heavy (non-hydrogen) atoms. The highest BCUT2D eigenvalue weighted by Crippen LogP contribution is 2.46. The zero-order valence-electron chi connectivity index (χ0n) is 14.3. The Morgan fingerprint density at radius 1 is 1.00 bits per heavy atom. The molecule has 0 spiro atoms. The van der Waals surface area contributed by atoms with Gasteiger partial charge in [0.25, 0.3) is 0 Å². The van der Waals surface area contributed by atoms with E-state index in [0.29, 0.717) is 6.04 Å². The molecule has 0 amide bonds. The molecule has 4 atom stereocenters. The van der Waals surface area contributed by atoms with Gasteiger partial charge in [0.05, 0.1) is 0 Å². The monoisotopic (exact) mass is 304 g/mol. The third kappa shape index (κ3) is 3.21. The van der Waals surface area contributed by atoms with Gasteiger partial charge in [0, 0.05) is 18.6 Å². The minimum absolute atomic E-state index is 0.119. The zero-order chi connectivity index (χ0) is 15.9. The smallest absolute Gasteiger partial charge is 0.123 e. The normalized spacial score (nSPS) is 31.2. The predicted octanol–water partition coefficient (Wildman–Crippen LogP) is 3.68. The number of rotatable bonds is 4. The van der Waals surface area contributed by atoms with E-state index in [9.17, 15) is 4.39 Å². The van der Waals surface area contributed by atoms with Crippen LogP contribution in [0.25, 0.3) is 0 Å². The summed E-state index contributed by atoms with van der Waals surface area (Å²) in [6, 6.07) is 6.60. The maximum Gasteiger partial charge on any atom is 0.123 e. The topological polar surface area (TPSA) is 6.48 Å². The fourth-order valence-corrected chi connectivity index (χ4v) is 4.54. The molecule has 0 saturated heterocycles. The summed E-state index contributed by atoms with van der Waals surface area (Å²) < 4.78 is 13.5. The molecule has 0 aliphatic heterocycles. The van der Waals surface area contributed by atoms with Gasteiger partial charge in [0.2, 0.25) is 0 Å².